The lowest BCUT2D eigenvalue weighted by Gasteiger charge is -2.28. The summed E-state index contributed by atoms with van der Waals surface area (Å²) in [5, 5.41) is 2.52. The van der Waals surface area contributed by atoms with Gasteiger partial charge in [-0.05, 0) is 41.7 Å². The highest BCUT2D eigenvalue weighted by molar-refractivity contribution is 6.07. The number of hydrogen-bond acceptors (Lipinski definition) is 4. The second kappa shape index (κ2) is 7.98. The molecule has 0 bridgehead atoms. The number of nitrogens with zero attached hydrogens (tertiary/aromatic N) is 3. The lowest BCUT2D eigenvalue weighted by atomic mass is 9.94. The van der Waals surface area contributed by atoms with Crippen molar-refractivity contribution in [3.63, 3.8) is 0 Å². The molecule has 3 aromatic rings. The quantitative estimate of drug-likeness (QED) is 0.720. The number of hydrogen-bond donors (Lipinski definition) is 1. The Morgan fingerprint density at radius 2 is 1.90 bits per heavy atom. The van der Waals surface area contributed by atoms with Crippen LogP contribution in [0, 0.1) is 11.6 Å². The standard InChI is InChI=1S/C22H18F2N4O2/c1-25-21(29)19-5-3-14(11-26-19)8-13-2-4-15-6-7-28(22(30)17(15)9-13)20-18(24)10-16(23)12-27-20/h2-5,9-12H,6-8H2,1H3,(H,25,29). The number of rotatable bonds is 4. The van der Waals surface area contributed by atoms with Crippen molar-refractivity contribution in [3.05, 3.63) is 88.4 Å². The van der Waals surface area contributed by atoms with Crippen LogP contribution in [0.2, 0.25) is 0 Å². The van der Waals surface area contributed by atoms with Gasteiger partial charge in [0.05, 0.1) is 6.20 Å². The number of nitrogens with one attached hydrogen (secondary N) is 1. The molecule has 0 saturated heterocycles. The lowest BCUT2D eigenvalue weighted by molar-refractivity contribution is 0.0955. The summed E-state index contributed by atoms with van der Waals surface area (Å²) in [5.41, 5.74) is 3.43. The molecule has 0 radical (unpaired) electrons. The zero-order chi connectivity index (χ0) is 21.3. The van der Waals surface area contributed by atoms with Gasteiger partial charge in [-0.1, -0.05) is 18.2 Å². The molecule has 0 saturated carbocycles. The van der Waals surface area contributed by atoms with Gasteiger partial charge in [0.1, 0.15) is 11.5 Å². The molecule has 8 heteroatoms. The third-order valence-corrected chi connectivity index (χ3v) is 4.99. The van der Waals surface area contributed by atoms with Crippen LogP contribution >= 0.6 is 0 Å². The number of aromatic nitrogens is 2. The smallest absolute Gasteiger partial charge is 0.269 e. The summed E-state index contributed by atoms with van der Waals surface area (Å²) in [6, 6.07) is 9.77. The van der Waals surface area contributed by atoms with E-state index in [9.17, 15) is 18.4 Å². The third kappa shape index (κ3) is 3.76. The van der Waals surface area contributed by atoms with Crippen LogP contribution in [0.25, 0.3) is 0 Å². The van der Waals surface area contributed by atoms with Crippen molar-refractivity contribution in [1.82, 2.24) is 15.3 Å². The van der Waals surface area contributed by atoms with Crippen LogP contribution in [0.3, 0.4) is 0 Å². The molecule has 3 heterocycles. The topological polar surface area (TPSA) is 75.2 Å². The number of fused-ring (bicyclic) bond motifs is 1. The minimum absolute atomic E-state index is 0.175. The molecule has 0 aliphatic carbocycles. The van der Waals surface area contributed by atoms with Gasteiger partial charge in [-0.2, -0.15) is 0 Å². The number of pyridine rings is 2. The maximum atomic E-state index is 14.1. The number of carbonyl (C=O) groups is 2. The first-order valence-electron chi connectivity index (χ1n) is 9.38. The number of carbonyl (C=O) groups excluding carboxylic acids is 2. The molecule has 0 spiro atoms. The third-order valence-electron chi connectivity index (χ3n) is 4.99. The molecule has 1 N–H and O–H groups in total. The van der Waals surface area contributed by atoms with Crippen molar-refractivity contribution in [2.24, 2.45) is 0 Å². The summed E-state index contributed by atoms with van der Waals surface area (Å²) in [6.45, 7) is 0.269. The largest absolute Gasteiger partial charge is 0.354 e. The molecule has 152 valence electrons. The molecule has 1 aromatic carbocycles. The van der Waals surface area contributed by atoms with Crippen LogP contribution in [0.15, 0.2) is 48.8 Å². The summed E-state index contributed by atoms with van der Waals surface area (Å²) < 4.78 is 27.3. The van der Waals surface area contributed by atoms with Crippen molar-refractivity contribution in [3.8, 4) is 0 Å². The first-order valence-corrected chi connectivity index (χ1v) is 9.38. The van der Waals surface area contributed by atoms with Crippen molar-refractivity contribution >= 4 is 17.6 Å². The van der Waals surface area contributed by atoms with Gasteiger partial charge in [0.15, 0.2) is 11.6 Å². The molecule has 4 rings (SSSR count). The van der Waals surface area contributed by atoms with Gasteiger partial charge >= 0.3 is 0 Å². The van der Waals surface area contributed by atoms with Crippen LogP contribution in [-0.4, -0.2) is 35.4 Å². The van der Waals surface area contributed by atoms with E-state index in [-0.39, 0.29) is 24.2 Å². The Kier molecular flexibility index (Phi) is 5.22. The highest BCUT2D eigenvalue weighted by atomic mass is 19.1. The fraction of sp³-hybridized carbons (Fsp3) is 0.182. The Morgan fingerprint density at radius 1 is 1.10 bits per heavy atom. The van der Waals surface area contributed by atoms with Gasteiger partial charge in [0, 0.05) is 31.4 Å². The highest BCUT2D eigenvalue weighted by Crippen LogP contribution is 2.26. The normalized spacial score (nSPS) is 13.2. The van der Waals surface area contributed by atoms with E-state index < -0.39 is 11.6 Å². The summed E-state index contributed by atoms with van der Waals surface area (Å²) in [4.78, 5) is 33.7. The van der Waals surface area contributed by atoms with Gasteiger partial charge in [0.2, 0.25) is 0 Å². The van der Waals surface area contributed by atoms with Crippen LogP contribution in [0.1, 0.15) is 37.5 Å². The van der Waals surface area contributed by atoms with Gasteiger partial charge in [-0.3, -0.25) is 19.5 Å². The number of amides is 2. The minimum Gasteiger partial charge on any atom is -0.354 e. The van der Waals surface area contributed by atoms with E-state index in [4.69, 9.17) is 0 Å². The molecule has 30 heavy (non-hydrogen) atoms. The van der Waals surface area contributed by atoms with E-state index in [0.29, 0.717) is 24.1 Å². The Hall–Kier alpha value is -3.68. The van der Waals surface area contributed by atoms with E-state index in [2.05, 4.69) is 15.3 Å². The van der Waals surface area contributed by atoms with Crippen molar-refractivity contribution in [2.45, 2.75) is 12.8 Å². The summed E-state index contributed by atoms with van der Waals surface area (Å²) in [5.74, 6) is -2.47. The second-order valence-electron chi connectivity index (χ2n) is 6.96. The molecule has 2 amide bonds. The monoisotopic (exact) mass is 408 g/mol. The van der Waals surface area contributed by atoms with Crippen LogP contribution in [0.4, 0.5) is 14.6 Å². The van der Waals surface area contributed by atoms with Crippen molar-refractivity contribution < 1.29 is 18.4 Å². The molecule has 0 unspecified atom stereocenters. The average molecular weight is 408 g/mol. The first-order chi connectivity index (χ1) is 14.5. The number of anilines is 1. The molecule has 0 fully saturated rings. The van der Waals surface area contributed by atoms with E-state index in [1.165, 1.54) is 4.90 Å². The number of halogens is 2. The minimum atomic E-state index is -0.870. The predicted molar refractivity (Wildman–Crippen MR) is 106 cm³/mol. The zero-order valence-corrected chi connectivity index (χ0v) is 16.2. The number of benzene rings is 1. The fourth-order valence-corrected chi connectivity index (χ4v) is 3.47. The maximum Gasteiger partial charge on any atom is 0.269 e. The molecular weight excluding hydrogens is 390 g/mol. The Balaban J connectivity index is 1.58. The van der Waals surface area contributed by atoms with E-state index in [0.717, 1.165) is 29.0 Å². The summed E-state index contributed by atoms with van der Waals surface area (Å²) in [6.07, 6.45) is 3.58. The summed E-state index contributed by atoms with van der Waals surface area (Å²) in [7, 11) is 1.54. The molecular formula is C22H18F2N4O2. The maximum absolute atomic E-state index is 14.1. The van der Waals surface area contributed by atoms with E-state index in [1.54, 1.807) is 25.4 Å². The van der Waals surface area contributed by atoms with E-state index >= 15 is 0 Å². The predicted octanol–water partition coefficient (Wildman–Crippen LogP) is 2.91. The fourth-order valence-electron chi connectivity index (χ4n) is 3.47. The molecule has 2 aromatic heterocycles. The Labute approximate surface area is 171 Å². The molecule has 6 nitrogen and oxygen atoms in total. The molecule has 1 aliphatic rings. The van der Waals surface area contributed by atoms with Crippen LogP contribution < -0.4 is 10.2 Å². The molecule has 1 aliphatic heterocycles. The van der Waals surface area contributed by atoms with Crippen molar-refractivity contribution in [1.29, 1.82) is 0 Å². The Morgan fingerprint density at radius 3 is 2.60 bits per heavy atom. The molecule has 0 atom stereocenters. The van der Waals surface area contributed by atoms with Gasteiger partial charge in [-0.15, -0.1) is 0 Å². The van der Waals surface area contributed by atoms with Crippen LogP contribution in [0.5, 0.6) is 0 Å². The van der Waals surface area contributed by atoms with Crippen molar-refractivity contribution in [2.75, 3.05) is 18.5 Å². The SMILES string of the molecule is CNC(=O)c1ccc(Cc2ccc3c(c2)C(=O)N(c2ncc(F)cc2F)CC3)cn1. The lowest BCUT2D eigenvalue weighted by Crippen LogP contribution is -2.38. The summed E-state index contributed by atoms with van der Waals surface area (Å²) >= 11 is 0. The van der Waals surface area contributed by atoms with E-state index in [1.807, 2.05) is 18.2 Å². The zero-order valence-electron chi connectivity index (χ0n) is 16.2. The van der Waals surface area contributed by atoms with Crippen LogP contribution in [-0.2, 0) is 12.8 Å². The average Bonchev–Trinajstić information content (AvgIpc) is 2.75. The highest BCUT2D eigenvalue weighted by Gasteiger charge is 2.28. The first kappa shape index (κ1) is 19.6. The second-order valence-corrected chi connectivity index (χ2v) is 6.96. The Bertz CT molecular complexity index is 1130. The van der Waals surface area contributed by atoms with Gasteiger partial charge < -0.3 is 5.32 Å². The van der Waals surface area contributed by atoms with Gasteiger partial charge in [-0.25, -0.2) is 13.8 Å². The van der Waals surface area contributed by atoms with Gasteiger partial charge in [0.25, 0.3) is 11.8 Å².